The number of ether oxygens (including phenoxy) is 1. The Morgan fingerprint density at radius 2 is 2.27 bits per heavy atom. The van der Waals surface area contributed by atoms with E-state index >= 15 is 0 Å². The molecule has 0 bridgehead atoms. The van der Waals surface area contributed by atoms with Crippen molar-refractivity contribution >= 4 is 12.6 Å². The molecule has 2 nitrogen and oxygen atoms in total. The molecule has 0 aromatic heterocycles. The molecule has 0 aliphatic carbocycles. The molecule has 76 valence electrons. The first-order chi connectivity index (χ1) is 7.31. The van der Waals surface area contributed by atoms with E-state index in [1.54, 1.807) is 25.3 Å². The molecule has 0 unspecified atom stereocenters. The van der Waals surface area contributed by atoms with Crippen LogP contribution in [0.5, 0.6) is 5.75 Å². The second-order valence-corrected chi connectivity index (χ2v) is 3.25. The minimum atomic E-state index is 0.589. The topological polar surface area (TPSA) is 33.0 Å². The molecule has 0 atom stereocenters. The Labute approximate surface area is 95.3 Å². The Bertz CT molecular complexity index is 437. The maximum absolute atomic E-state index is 8.75. The molecule has 0 heterocycles. The molecule has 0 aliphatic heterocycles. The van der Waals surface area contributed by atoms with Crippen LogP contribution in [0.2, 0.25) is 0 Å². The lowest BCUT2D eigenvalue weighted by atomic mass is 10.1. The van der Waals surface area contributed by atoms with E-state index in [1.165, 1.54) is 0 Å². The zero-order valence-corrected chi connectivity index (χ0v) is 9.34. The summed E-state index contributed by atoms with van der Waals surface area (Å²) in [6, 6.07) is 7.26. The lowest BCUT2D eigenvalue weighted by Gasteiger charge is -2.02. The predicted molar refractivity (Wildman–Crippen MR) is 63.1 cm³/mol. The predicted octanol–water partition coefficient (Wildman–Crippen LogP) is 2.24. The highest BCUT2D eigenvalue weighted by molar-refractivity contribution is 7.80. The molecule has 0 saturated carbocycles. The molecule has 0 amide bonds. The summed E-state index contributed by atoms with van der Waals surface area (Å²) in [6.07, 6.45) is 0.725. The Kier molecular flexibility index (Phi) is 4.60. The van der Waals surface area contributed by atoms with Crippen LogP contribution in [0.1, 0.15) is 17.5 Å². The SMILES string of the molecule is COc1ccc(C#N)cc1C#CCCS. The van der Waals surface area contributed by atoms with Crippen LogP contribution in [0.15, 0.2) is 18.2 Å². The van der Waals surface area contributed by atoms with Gasteiger partial charge in [0.1, 0.15) is 5.75 Å². The summed E-state index contributed by atoms with van der Waals surface area (Å²) in [5, 5.41) is 8.75. The van der Waals surface area contributed by atoms with Gasteiger partial charge < -0.3 is 4.74 Å². The van der Waals surface area contributed by atoms with Gasteiger partial charge in [0.05, 0.1) is 24.3 Å². The number of nitriles is 1. The van der Waals surface area contributed by atoms with E-state index in [-0.39, 0.29) is 0 Å². The van der Waals surface area contributed by atoms with Gasteiger partial charge in [0.2, 0.25) is 0 Å². The van der Waals surface area contributed by atoms with Gasteiger partial charge in [-0.05, 0) is 18.2 Å². The van der Waals surface area contributed by atoms with Crippen molar-refractivity contribution in [2.75, 3.05) is 12.9 Å². The molecule has 3 heteroatoms. The Morgan fingerprint density at radius 1 is 1.47 bits per heavy atom. The van der Waals surface area contributed by atoms with E-state index in [1.807, 2.05) is 0 Å². The van der Waals surface area contributed by atoms with Crippen LogP contribution in [0, 0.1) is 23.2 Å². The highest BCUT2D eigenvalue weighted by Crippen LogP contribution is 2.18. The minimum absolute atomic E-state index is 0.589. The third-order valence-corrected chi connectivity index (χ3v) is 2.01. The average Bonchev–Trinajstić information content (AvgIpc) is 2.29. The van der Waals surface area contributed by atoms with Crippen molar-refractivity contribution in [3.8, 4) is 23.7 Å². The summed E-state index contributed by atoms with van der Waals surface area (Å²) in [5.74, 6) is 7.35. The molecule has 0 fully saturated rings. The third kappa shape index (κ3) is 3.23. The minimum Gasteiger partial charge on any atom is -0.495 e. The fourth-order valence-electron chi connectivity index (χ4n) is 1.09. The summed E-state index contributed by atoms with van der Waals surface area (Å²) >= 11 is 4.07. The third-order valence-electron chi connectivity index (χ3n) is 1.79. The number of hydrogen-bond donors (Lipinski definition) is 1. The van der Waals surface area contributed by atoms with Crippen LogP contribution in [0.25, 0.3) is 0 Å². The van der Waals surface area contributed by atoms with Crippen LogP contribution >= 0.6 is 12.6 Å². The lowest BCUT2D eigenvalue weighted by molar-refractivity contribution is 0.413. The second-order valence-electron chi connectivity index (χ2n) is 2.80. The highest BCUT2D eigenvalue weighted by atomic mass is 32.1. The number of thiol groups is 1. The normalized spacial score (nSPS) is 8.60. The molecule has 0 spiro atoms. The maximum Gasteiger partial charge on any atom is 0.134 e. The van der Waals surface area contributed by atoms with Gasteiger partial charge in [-0.15, -0.1) is 0 Å². The van der Waals surface area contributed by atoms with E-state index in [2.05, 4.69) is 30.5 Å². The van der Waals surface area contributed by atoms with Gasteiger partial charge in [-0.1, -0.05) is 11.8 Å². The standard InChI is InChI=1S/C12H11NOS/c1-14-12-6-5-10(9-13)8-11(12)4-2-3-7-15/h5-6,8,15H,3,7H2,1H3. The largest absolute Gasteiger partial charge is 0.495 e. The quantitative estimate of drug-likeness (QED) is 0.608. The van der Waals surface area contributed by atoms with Crippen molar-refractivity contribution in [2.45, 2.75) is 6.42 Å². The number of methoxy groups -OCH3 is 1. The maximum atomic E-state index is 8.75. The van der Waals surface area contributed by atoms with Crippen LogP contribution < -0.4 is 4.74 Å². The summed E-state index contributed by atoms with van der Waals surface area (Å²) in [6.45, 7) is 0. The van der Waals surface area contributed by atoms with Crippen molar-refractivity contribution in [1.82, 2.24) is 0 Å². The average molecular weight is 217 g/mol. The van der Waals surface area contributed by atoms with Gasteiger partial charge in [0, 0.05) is 12.2 Å². The van der Waals surface area contributed by atoms with Gasteiger partial charge in [0.15, 0.2) is 0 Å². The molecule has 1 rings (SSSR count). The number of nitrogens with zero attached hydrogens (tertiary/aromatic N) is 1. The van der Waals surface area contributed by atoms with Crippen molar-refractivity contribution in [3.63, 3.8) is 0 Å². The van der Waals surface area contributed by atoms with Gasteiger partial charge in [-0.2, -0.15) is 17.9 Å². The first-order valence-corrected chi connectivity index (χ1v) is 5.13. The van der Waals surface area contributed by atoms with Gasteiger partial charge in [-0.25, -0.2) is 0 Å². The van der Waals surface area contributed by atoms with Gasteiger partial charge in [0.25, 0.3) is 0 Å². The summed E-state index contributed by atoms with van der Waals surface area (Å²) in [7, 11) is 1.59. The van der Waals surface area contributed by atoms with Crippen LogP contribution in [-0.4, -0.2) is 12.9 Å². The lowest BCUT2D eigenvalue weighted by Crippen LogP contribution is -1.88. The fourth-order valence-corrected chi connectivity index (χ4v) is 1.20. The molecular weight excluding hydrogens is 206 g/mol. The highest BCUT2D eigenvalue weighted by Gasteiger charge is 2.00. The zero-order chi connectivity index (χ0) is 11.1. The Morgan fingerprint density at radius 3 is 2.87 bits per heavy atom. The molecule has 15 heavy (non-hydrogen) atoms. The number of rotatable bonds is 2. The van der Waals surface area contributed by atoms with Crippen LogP contribution in [0.4, 0.5) is 0 Å². The van der Waals surface area contributed by atoms with E-state index in [0.717, 1.165) is 17.7 Å². The van der Waals surface area contributed by atoms with Crippen LogP contribution in [0.3, 0.4) is 0 Å². The molecule has 1 aromatic rings. The fraction of sp³-hybridized carbons (Fsp3) is 0.250. The van der Waals surface area contributed by atoms with Gasteiger partial charge in [-0.3, -0.25) is 0 Å². The van der Waals surface area contributed by atoms with Gasteiger partial charge >= 0.3 is 0 Å². The summed E-state index contributed by atoms with van der Waals surface area (Å²) < 4.78 is 5.14. The van der Waals surface area contributed by atoms with E-state index in [4.69, 9.17) is 10.00 Å². The molecule has 1 aromatic carbocycles. The first kappa shape index (κ1) is 11.5. The van der Waals surface area contributed by atoms with Crippen molar-refractivity contribution in [3.05, 3.63) is 29.3 Å². The smallest absolute Gasteiger partial charge is 0.134 e. The van der Waals surface area contributed by atoms with Crippen molar-refractivity contribution in [1.29, 1.82) is 5.26 Å². The van der Waals surface area contributed by atoms with E-state index < -0.39 is 0 Å². The number of hydrogen-bond acceptors (Lipinski definition) is 3. The molecule has 0 radical (unpaired) electrons. The van der Waals surface area contributed by atoms with Crippen molar-refractivity contribution in [2.24, 2.45) is 0 Å². The summed E-state index contributed by atoms with van der Waals surface area (Å²) in [4.78, 5) is 0. The second kappa shape index (κ2) is 6.01. The zero-order valence-electron chi connectivity index (χ0n) is 8.45. The molecule has 0 N–H and O–H groups in total. The monoisotopic (exact) mass is 217 g/mol. The van der Waals surface area contributed by atoms with Crippen molar-refractivity contribution < 1.29 is 4.74 Å². The summed E-state index contributed by atoms with van der Waals surface area (Å²) in [5.41, 5.74) is 1.34. The van der Waals surface area contributed by atoms with E-state index in [0.29, 0.717) is 11.3 Å². The van der Waals surface area contributed by atoms with Crippen LogP contribution in [-0.2, 0) is 0 Å². The Balaban J connectivity index is 3.04. The Hall–Kier alpha value is -1.58. The molecule has 0 aliphatic rings. The molecule has 0 saturated heterocycles. The number of benzene rings is 1. The first-order valence-electron chi connectivity index (χ1n) is 4.49. The van der Waals surface area contributed by atoms with E-state index in [9.17, 15) is 0 Å². The molecular formula is C12H11NOS.